The first-order valence-corrected chi connectivity index (χ1v) is 7.57. The van der Waals surface area contributed by atoms with Crippen molar-refractivity contribution in [2.75, 3.05) is 0 Å². The van der Waals surface area contributed by atoms with E-state index in [1.54, 1.807) is 0 Å². The summed E-state index contributed by atoms with van der Waals surface area (Å²) in [6.07, 6.45) is 0. The van der Waals surface area contributed by atoms with Crippen LogP contribution in [0.15, 0.2) is 28.7 Å². The van der Waals surface area contributed by atoms with Crippen LogP contribution in [-0.2, 0) is 0 Å². The maximum atomic E-state index is 13.3. The van der Waals surface area contributed by atoms with Gasteiger partial charge >= 0.3 is 0 Å². The van der Waals surface area contributed by atoms with Crippen LogP contribution in [0.3, 0.4) is 0 Å². The molecule has 2 aromatic rings. The molecule has 1 atom stereocenters. The first-order chi connectivity index (χ1) is 9.31. The highest BCUT2D eigenvalue weighted by molar-refractivity contribution is 9.10. The average Bonchev–Trinajstić information content (AvgIpc) is 2.38. The van der Waals surface area contributed by atoms with E-state index in [0.29, 0.717) is 5.56 Å². The molecule has 5 heteroatoms. The molecule has 20 heavy (non-hydrogen) atoms. The Labute approximate surface area is 132 Å². The number of hydrogen-bond acceptors (Lipinski definition) is 0. The summed E-state index contributed by atoms with van der Waals surface area (Å²) in [4.78, 5) is -0.404. The predicted molar refractivity (Wildman–Crippen MR) is 80.7 cm³/mol. The van der Waals surface area contributed by atoms with E-state index in [4.69, 9.17) is 0 Å². The van der Waals surface area contributed by atoms with E-state index in [1.807, 2.05) is 26.0 Å². The third-order valence-corrected chi connectivity index (χ3v) is 5.00. The summed E-state index contributed by atoms with van der Waals surface area (Å²) in [6, 6.07) is 5.89. The molecule has 106 valence electrons. The Hall–Kier alpha value is -0.810. The van der Waals surface area contributed by atoms with E-state index >= 15 is 0 Å². The average molecular weight is 408 g/mol. The molecule has 0 aliphatic rings. The fraction of sp³-hybridized carbons (Fsp3) is 0.200. The number of benzene rings is 2. The molecule has 0 aliphatic carbocycles. The van der Waals surface area contributed by atoms with Crippen LogP contribution in [0.4, 0.5) is 13.2 Å². The minimum Gasteiger partial charge on any atom is -0.204 e. The Morgan fingerprint density at radius 3 is 2.00 bits per heavy atom. The van der Waals surface area contributed by atoms with Crippen molar-refractivity contribution in [3.8, 4) is 0 Å². The molecule has 0 spiro atoms. The molecule has 0 bridgehead atoms. The lowest BCUT2D eigenvalue weighted by Crippen LogP contribution is -2.01. The molecule has 0 heterocycles. The third kappa shape index (κ3) is 2.93. The lowest BCUT2D eigenvalue weighted by molar-refractivity contribution is 0.445. The van der Waals surface area contributed by atoms with E-state index in [-0.39, 0.29) is 0 Å². The van der Waals surface area contributed by atoms with Crippen molar-refractivity contribution in [1.82, 2.24) is 0 Å². The van der Waals surface area contributed by atoms with Crippen LogP contribution < -0.4 is 0 Å². The number of halogens is 5. The molecule has 0 nitrogen and oxygen atoms in total. The quantitative estimate of drug-likeness (QED) is 0.425. The minimum atomic E-state index is -1.45. The molecule has 0 radical (unpaired) electrons. The van der Waals surface area contributed by atoms with Crippen LogP contribution in [-0.4, -0.2) is 0 Å². The number of hydrogen-bond donors (Lipinski definition) is 0. The van der Waals surface area contributed by atoms with E-state index in [1.165, 1.54) is 0 Å². The zero-order chi connectivity index (χ0) is 15.0. The molecule has 1 unspecified atom stereocenters. The largest absolute Gasteiger partial charge is 0.204 e. The second-order valence-electron chi connectivity index (χ2n) is 4.62. The molecule has 0 N–H and O–H groups in total. The van der Waals surface area contributed by atoms with Crippen molar-refractivity contribution in [3.63, 3.8) is 0 Å². The summed E-state index contributed by atoms with van der Waals surface area (Å²) < 4.78 is 40.6. The Bertz CT molecular complexity index is 645. The topological polar surface area (TPSA) is 0 Å². The van der Waals surface area contributed by atoms with Crippen LogP contribution in [0.1, 0.15) is 27.1 Å². The van der Waals surface area contributed by atoms with Crippen molar-refractivity contribution < 1.29 is 13.2 Å². The van der Waals surface area contributed by atoms with Gasteiger partial charge in [-0.2, -0.15) is 0 Å². The van der Waals surface area contributed by atoms with Crippen LogP contribution in [0, 0.1) is 31.3 Å². The molecule has 0 fully saturated rings. The van der Waals surface area contributed by atoms with E-state index in [9.17, 15) is 13.2 Å². The zero-order valence-corrected chi connectivity index (χ0v) is 13.9. The van der Waals surface area contributed by atoms with Gasteiger partial charge in [-0.05, 0) is 54.3 Å². The van der Waals surface area contributed by atoms with Gasteiger partial charge in [0, 0.05) is 4.47 Å². The van der Waals surface area contributed by atoms with Gasteiger partial charge < -0.3 is 0 Å². The van der Waals surface area contributed by atoms with Crippen molar-refractivity contribution in [2.45, 2.75) is 18.7 Å². The Kier molecular flexibility index (Phi) is 4.59. The molecule has 0 saturated carbocycles. The summed E-state index contributed by atoms with van der Waals surface area (Å²) in [5.74, 6) is -3.82. The molecule has 2 rings (SSSR count). The number of rotatable bonds is 2. The standard InChI is InChI=1S/C15H11Br2F3/c1-7-4-11(16)8(2)3-10(7)14(17)9-5-12(18)15(20)13(19)6-9/h3-6,14H,1-2H3. The van der Waals surface area contributed by atoms with Gasteiger partial charge in [-0.3, -0.25) is 0 Å². The molecule has 0 aromatic heterocycles. The Morgan fingerprint density at radius 1 is 0.900 bits per heavy atom. The summed E-state index contributed by atoms with van der Waals surface area (Å²) in [5.41, 5.74) is 3.20. The van der Waals surface area contributed by atoms with Crippen LogP contribution in [0.2, 0.25) is 0 Å². The van der Waals surface area contributed by atoms with Gasteiger partial charge in [-0.1, -0.05) is 37.9 Å². The third-order valence-electron chi connectivity index (χ3n) is 3.12. The molecular formula is C15H11Br2F3. The van der Waals surface area contributed by atoms with Crippen molar-refractivity contribution in [3.05, 3.63) is 68.4 Å². The number of alkyl halides is 1. The van der Waals surface area contributed by atoms with Gasteiger partial charge in [0.05, 0.1) is 4.83 Å². The van der Waals surface area contributed by atoms with Gasteiger partial charge in [-0.15, -0.1) is 0 Å². The van der Waals surface area contributed by atoms with E-state index in [0.717, 1.165) is 33.3 Å². The van der Waals surface area contributed by atoms with Crippen molar-refractivity contribution in [1.29, 1.82) is 0 Å². The molecule has 0 amide bonds. The van der Waals surface area contributed by atoms with Gasteiger partial charge in [0.1, 0.15) is 0 Å². The highest BCUT2D eigenvalue weighted by Crippen LogP contribution is 2.36. The van der Waals surface area contributed by atoms with Gasteiger partial charge in [0.15, 0.2) is 17.5 Å². The SMILES string of the molecule is Cc1cc(C(Br)c2cc(F)c(F)c(F)c2)c(C)cc1Br. The Balaban J connectivity index is 2.51. The van der Waals surface area contributed by atoms with Crippen molar-refractivity contribution in [2.24, 2.45) is 0 Å². The first-order valence-electron chi connectivity index (χ1n) is 5.86. The van der Waals surface area contributed by atoms with Crippen LogP contribution >= 0.6 is 31.9 Å². The zero-order valence-electron chi connectivity index (χ0n) is 10.8. The van der Waals surface area contributed by atoms with Crippen LogP contribution in [0.25, 0.3) is 0 Å². The fourth-order valence-electron chi connectivity index (χ4n) is 1.98. The van der Waals surface area contributed by atoms with Gasteiger partial charge in [-0.25, -0.2) is 13.2 Å². The normalized spacial score (nSPS) is 12.6. The first kappa shape index (κ1) is 15.6. The molecule has 0 aliphatic heterocycles. The van der Waals surface area contributed by atoms with Crippen molar-refractivity contribution >= 4 is 31.9 Å². The van der Waals surface area contributed by atoms with Gasteiger partial charge in [0.2, 0.25) is 0 Å². The maximum Gasteiger partial charge on any atom is 0.194 e. The van der Waals surface area contributed by atoms with Crippen LogP contribution in [0.5, 0.6) is 0 Å². The van der Waals surface area contributed by atoms with E-state index < -0.39 is 22.3 Å². The fourth-order valence-corrected chi connectivity index (χ4v) is 3.19. The van der Waals surface area contributed by atoms with E-state index in [2.05, 4.69) is 31.9 Å². The highest BCUT2D eigenvalue weighted by Gasteiger charge is 2.18. The summed E-state index contributed by atoms with van der Waals surface area (Å²) in [6.45, 7) is 3.84. The van der Waals surface area contributed by atoms with Gasteiger partial charge in [0.25, 0.3) is 0 Å². The summed E-state index contributed by atoms with van der Waals surface area (Å²) in [5, 5.41) is 0. The lowest BCUT2D eigenvalue weighted by Gasteiger charge is -2.16. The lowest BCUT2D eigenvalue weighted by atomic mass is 9.98. The highest BCUT2D eigenvalue weighted by atomic mass is 79.9. The minimum absolute atomic E-state index is 0.339. The maximum absolute atomic E-state index is 13.3. The molecule has 0 saturated heterocycles. The predicted octanol–water partition coefficient (Wildman–Crippen LogP) is 5.97. The monoisotopic (exact) mass is 406 g/mol. The smallest absolute Gasteiger partial charge is 0.194 e. The second kappa shape index (κ2) is 5.90. The summed E-state index contributed by atoms with van der Waals surface area (Å²) >= 11 is 6.86. The molecular weight excluding hydrogens is 397 g/mol. The number of aryl methyl sites for hydroxylation is 2. The second-order valence-corrected chi connectivity index (χ2v) is 6.39. The summed E-state index contributed by atoms with van der Waals surface area (Å²) in [7, 11) is 0. The molecule has 2 aromatic carbocycles. The Morgan fingerprint density at radius 2 is 1.45 bits per heavy atom.